The molecule has 1 aromatic carbocycles. The van der Waals surface area contributed by atoms with E-state index in [1.165, 1.54) is 37.5 Å². The summed E-state index contributed by atoms with van der Waals surface area (Å²) in [6.45, 7) is 0.409. The second-order valence-electron chi connectivity index (χ2n) is 9.20. The number of hydrogen-bond acceptors (Lipinski definition) is 4. The smallest absolute Gasteiger partial charge is 0.303 e. The van der Waals surface area contributed by atoms with E-state index in [9.17, 15) is 18.0 Å². The first-order valence-electron chi connectivity index (χ1n) is 10.2. The molecule has 1 aromatic rings. The van der Waals surface area contributed by atoms with E-state index >= 15 is 0 Å². The van der Waals surface area contributed by atoms with Gasteiger partial charge in [-0.05, 0) is 79.9 Å². The lowest BCUT2D eigenvalue weighted by atomic mass is 9.50. The van der Waals surface area contributed by atoms with Crippen LogP contribution in [-0.2, 0) is 14.8 Å². The van der Waals surface area contributed by atoms with Crippen LogP contribution in [0.5, 0.6) is 0 Å². The zero-order valence-corrected chi connectivity index (χ0v) is 17.8. The maximum atomic E-state index is 13.0. The maximum Gasteiger partial charge on any atom is 0.303 e. The fourth-order valence-corrected chi connectivity index (χ4v) is 7.76. The minimum atomic E-state index is -3.87. The standard InChI is InChI=1S/C21H26ClNO5S/c22-17-2-1-16(18(24)3-4-20(25)26)8-19(17)29(27,28)23-12-21-9-13-5-14(10-21)7-15(6-13)11-21/h1-2,8,13-15,23H,3-7,9-12H2,(H,25,26). The number of rotatable bonds is 8. The van der Waals surface area contributed by atoms with E-state index in [-0.39, 0.29) is 33.7 Å². The van der Waals surface area contributed by atoms with E-state index < -0.39 is 21.8 Å². The van der Waals surface area contributed by atoms with E-state index in [4.69, 9.17) is 16.7 Å². The molecule has 0 aromatic heterocycles. The van der Waals surface area contributed by atoms with Gasteiger partial charge in [0.2, 0.25) is 10.0 Å². The van der Waals surface area contributed by atoms with Gasteiger partial charge in [0.1, 0.15) is 4.90 Å². The number of carbonyl (C=O) groups is 2. The normalized spacial score (nSPS) is 30.4. The molecule has 6 nitrogen and oxygen atoms in total. The highest BCUT2D eigenvalue weighted by Crippen LogP contribution is 2.59. The number of Topliss-reactive ketones (excluding diaryl/α,β-unsaturated/α-hetero) is 1. The third-order valence-electron chi connectivity index (χ3n) is 6.91. The van der Waals surface area contributed by atoms with Gasteiger partial charge in [0.25, 0.3) is 0 Å². The first-order valence-corrected chi connectivity index (χ1v) is 12.1. The number of aliphatic carboxylic acids is 1. The largest absolute Gasteiger partial charge is 0.481 e. The molecule has 4 saturated carbocycles. The predicted molar refractivity (Wildman–Crippen MR) is 108 cm³/mol. The molecule has 0 heterocycles. The van der Waals surface area contributed by atoms with Crippen molar-refractivity contribution in [1.29, 1.82) is 0 Å². The summed E-state index contributed by atoms with van der Waals surface area (Å²) in [5.74, 6) is 0.692. The van der Waals surface area contributed by atoms with Gasteiger partial charge in [0.05, 0.1) is 11.4 Å². The summed E-state index contributed by atoms with van der Waals surface area (Å²) in [6.07, 6.45) is 6.65. The SMILES string of the molecule is O=C(O)CCC(=O)c1ccc(Cl)c(S(=O)(=O)NCC23CC4CC(CC(C4)C2)C3)c1. The van der Waals surface area contributed by atoms with Gasteiger partial charge in [-0.25, -0.2) is 13.1 Å². The number of carboxylic acids is 1. The Morgan fingerprint density at radius 1 is 1.07 bits per heavy atom. The van der Waals surface area contributed by atoms with Gasteiger partial charge in [-0.1, -0.05) is 11.6 Å². The predicted octanol–water partition coefficient (Wildman–Crippen LogP) is 3.88. The van der Waals surface area contributed by atoms with Gasteiger partial charge in [0, 0.05) is 18.5 Å². The van der Waals surface area contributed by atoms with Crippen LogP contribution >= 0.6 is 11.6 Å². The monoisotopic (exact) mass is 439 g/mol. The highest BCUT2D eigenvalue weighted by atomic mass is 35.5. The van der Waals surface area contributed by atoms with Crippen LogP contribution < -0.4 is 4.72 Å². The zero-order valence-electron chi connectivity index (χ0n) is 16.2. The lowest BCUT2D eigenvalue weighted by molar-refractivity contribution is -0.136. The topological polar surface area (TPSA) is 101 Å². The average molecular weight is 440 g/mol. The Labute approximate surface area is 176 Å². The van der Waals surface area contributed by atoms with E-state index in [1.54, 1.807) is 0 Å². The summed E-state index contributed by atoms with van der Waals surface area (Å²) < 4.78 is 28.7. The molecule has 4 aliphatic rings. The Hall–Kier alpha value is -1.44. The Bertz CT molecular complexity index is 907. The first kappa shape index (κ1) is 20.8. The van der Waals surface area contributed by atoms with Gasteiger partial charge in [-0.3, -0.25) is 9.59 Å². The molecule has 4 bridgehead atoms. The van der Waals surface area contributed by atoms with Gasteiger partial charge >= 0.3 is 5.97 Å². The maximum absolute atomic E-state index is 13.0. The van der Waals surface area contributed by atoms with Crippen LogP contribution in [0.15, 0.2) is 23.1 Å². The van der Waals surface area contributed by atoms with Crippen molar-refractivity contribution in [3.8, 4) is 0 Å². The highest BCUT2D eigenvalue weighted by Gasteiger charge is 2.51. The van der Waals surface area contributed by atoms with Crippen LogP contribution in [0.3, 0.4) is 0 Å². The Morgan fingerprint density at radius 2 is 1.66 bits per heavy atom. The van der Waals surface area contributed by atoms with Gasteiger partial charge < -0.3 is 5.11 Å². The first-order chi connectivity index (χ1) is 13.7. The molecule has 158 valence electrons. The van der Waals surface area contributed by atoms with Gasteiger partial charge in [0.15, 0.2) is 5.78 Å². The molecule has 0 atom stereocenters. The molecule has 4 fully saturated rings. The molecular weight excluding hydrogens is 414 g/mol. The van der Waals surface area contributed by atoms with Crippen molar-refractivity contribution in [2.75, 3.05) is 6.54 Å². The van der Waals surface area contributed by atoms with Crippen molar-refractivity contribution >= 4 is 33.4 Å². The van der Waals surface area contributed by atoms with E-state index in [0.717, 1.165) is 37.0 Å². The molecule has 4 aliphatic carbocycles. The van der Waals surface area contributed by atoms with Crippen LogP contribution in [0.4, 0.5) is 0 Å². The highest BCUT2D eigenvalue weighted by molar-refractivity contribution is 7.89. The van der Waals surface area contributed by atoms with Crippen LogP contribution in [0.25, 0.3) is 0 Å². The number of hydrogen-bond donors (Lipinski definition) is 2. The van der Waals surface area contributed by atoms with Crippen LogP contribution in [0.1, 0.15) is 61.7 Å². The molecule has 5 rings (SSSR count). The number of ketones is 1. The molecular formula is C21H26ClNO5S. The van der Waals surface area contributed by atoms with Gasteiger partial charge in [-0.15, -0.1) is 0 Å². The minimum Gasteiger partial charge on any atom is -0.481 e. The zero-order chi connectivity index (χ0) is 20.8. The number of benzene rings is 1. The summed E-state index contributed by atoms with van der Waals surface area (Å²) in [5, 5.41) is 8.80. The number of sulfonamides is 1. The van der Waals surface area contributed by atoms with Crippen molar-refractivity contribution < 1.29 is 23.1 Å². The molecule has 0 radical (unpaired) electrons. The second kappa shape index (κ2) is 7.67. The summed E-state index contributed by atoms with van der Waals surface area (Å²) in [4.78, 5) is 22.8. The number of carboxylic acid groups (broad SMARTS) is 1. The van der Waals surface area contributed by atoms with Crippen molar-refractivity contribution in [3.63, 3.8) is 0 Å². The minimum absolute atomic E-state index is 0.0449. The lowest BCUT2D eigenvalue weighted by Gasteiger charge is -2.56. The third kappa shape index (κ3) is 4.37. The summed E-state index contributed by atoms with van der Waals surface area (Å²) in [5.41, 5.74) is 0.203. The average Bonchev–Trinajstić information content (AvgIpc) is 2.64. The van der Waals surface area contributed by atoms with E-state index in [0.29, 0.717) is 6.54 Å². The quantitative estimate of drug-likeness (QED) is 0.598. The fraction of sp³-hybridized carbons (Fsp3) is 0.619. The third-order valence-corrected chi connectivity index (χ3v) is 8.79. The van der Waals surface area contributed by atoms with Crippen LogP contribution in [0, 0.1) is 23.2 Å². The summed E-state index contributed by atoms with van der Waals surface area (Å²) in [7, 11) is -3.87. The fourth-order valence-electron chi connectivity index (χ4n) is 6.08. The van der Waals surface area contributed by atoms with Gasteiger partial charge in [-0.2, -0.15) is 0 Å². The molecule has 29 heavy (non-hydrogen) atoms. The molecule has 0 spiro atoms. The molecule has 0 aliphatic heterocycles. The Kier molecular flexibility index (Phi) is 5.51. The Balaban J connectivity index is 1.49. The van der Waals surface area contributed by atoms with Crippen molar-refractivity contribution in [3.05, 3.63) is 28.8 Å². The summed E-state index contributed by atoms with van der Waals surface area (Å²) >= 11 is 6.14. The molecule has 8 heteroatoms. The van der Waals surface area contributed by atoms with E-state index in [2.05, 4.69) is 4.72 Å². The lowest BCUT2D eigenvalue weighted by Crippen LogP contribution is -2.51. The van der Waals surface area contributed by atoms with E-state index in [1.807, 2.05) is 0 Å². The molecule has 0 amide bonds. The van der Waals surface area contributed by atoms with Crippen molar-refractivity contribution in [2.45, 2.75) is 56.3 Å². The number of nitrogens with one attached hydrogen (secondary N) is 1. The molecule has 0 unspecified atom stereocenters. The second-order valence-corrected chi connectivity index (χ2v) is 11.3. The molecule has 2 N–H and O–H groups in total. The van der Waals surface area contributed by atoms with Crippen LogP contribution in [0.2, 0.25) is 5.02 Å². The number of halogens is 1. The van der Waals surface area contributed by atoms with Crippen molar-refractivity contribution in [1.82, 2.24) is 4.72 Å². The molecule has 0 saturated heterocycles. The van der Waals surface area contributed by atoms with Crippen LogP contribution in [-0.4, -0.2) is 31.8 Å². The number of carbonyl (C=O) groups excluding carboxylic acids is 1. The Morgan fingerprint density at radius 3 is 2.21 bits per heavy atom. The van der Waals surface area contributed by atoms with Crippen molar-refractivity contribution in [2.24, 2.45) is 23.2 Å². The summed E-state index contributed by atoms with van der Waals surface area (Å²) in [6, 6.07) is 4.08.